The molecule has 0 bridgehead atoms. The van der Waals surface area contributed by atoms with E-state index in [4.69, 9.17) is 4.74 Å². The predicted octanol–water partition coefficient (Wildman–Crippen LogP) is 5.49. The van der Waals surface area contributed by atoms with Crippen LogP contribution in [-0.4, -0.2) is 30.8 Å². The van der Waals surface area contributed by atoms with Gasteiger partial charge in [-0.25, -0.2) is 0 Å². The number of ether oxygens (including phenoxy) is 1. The number of nitro groups is 1. The van der Waals surface area contributed by atoms with Gasteiger partial charge in [-0.3, -0.25) is 19.5 Å². The third-order valence-corrected chi connectivity index (χ3v) is 6.46. The fourth-order valence-electron chi connectivity index (χ4n) is 3.46. The summed E-state index contributed by atoms with van der Waals surface area (Å²) in [6.07, 6.45) is 0. The first kappa shape index (κ1) is 24.9. The van der Waals surface area contributed by atoms with Crippen LogP contribution in [0.4, 0.5) is 11.4 Å². The minimum absolute atomic E-state index is 0.0849. The third kappa shape index (κ3) is 5.89. The van der Waals surface area contributed by atoms with Crippen molar-refractivity contribution < 1.29 is 14.5 Å². The van der Waals surface area contributed by atoms with E-state index in [-0.39, 0.29) is 18.2 Å². The molecule has 4 aromatic rings. The number of rotatable bonds is 9. The monoisotopic (exact) mass is 503 g/mol. The van der Waals surface area contributed by atoms with Gasteiger partial charge in [-0.05, 0) is 56.2 Å². The maximum absolute atomic E-state index is 13.0. The van der Waals surface area contributed by atoms with Crippen LogP contribution in [0.25, 0.3) is 5.69 Å². The lowest BCUT2D eigenvalue weighted by atomic mass is 10.2. The number of non-ortho nitro benzene ring substituents is 1. The van der Waals surface area contributed by atoms with Crippen LogP contribution < -0.4 is 10.1 Å². The average molecular weight is 504 g/mol. The maximum Gasteiger partial charge on any atom is 0.271 e. The van der Waals surface area contributed by atoms with Gasteiger partial charge in [-0.2, -0.15) is 0 Å². The zero-order valence-corrected chi connectivity index (χ0v) is 20.9. The summed E-state index contributed by atoms with van der Waals surface area (Å²) in [6.45, 7) is 5.72. The van der Waals surface area contributed by atoms with E-state index in [2.05, 4.69) is 15.5 Å². The first-order chi connectivity index (χ1) is 17.3. The van der Waals surface area contributed by atoms with Crippen LogP contribution in [-0.2, 0) is 11.4 Å². The summed E-state index contributed by atoms with van der Waals surface area (Å²) in [5.41, 5.74) is 2.98. The Morgan fingerprint density at radius 1 is 1.08 bits per heavy atom. The molecule has 0 saturated carbocycles. The van der Waals surface area contributed by atoms with Crippen LogP contribution in [0, 0.1) is 24.0 Å². The molecule has 1 amide bonds. The second-order valence-electron chi connectivity index (χ2n) is 8.18. The maximum atomic E-state index is 13.0. The molecule has 3 aromatic carbocycles. The van der Waals surface area contributed by atoms with Crippen LogP contribution >= 0.6 is 11.8 Å². The van der Waals surface area contributed by atoms with E-state index >= 15 is 0 Å². The topological polar surface area (TPSA) is 112 Å². The fraction of sp³-hybridized carbons (Fsp3) is 0.192. The first-order valence-electron chi connectivity index (χ1n) is 11.2. The molecule has 0 saturated heterocycles. The van der Waals surface area contributed by atoms with Crippen molar-refractivity contribution in [2.75, 3.05) is 5.32 Å². The van der Waals surface area contributed by atoms with Crippen molar-refractivity contribution in [3.05, 3.63) is 99.9 Å². The summed E-state index contributed by atoms with van der Waals surface area (Å²) in [5, 5.41) is 22.6. The van der Waals surface area contributed by atoms with E-state index in [1.54, 1.807) is 19.9 Å². The number of nitrogens with zero attached hydrogens (tertiary/aromatic N) is 4. The summed E-state index contributed by atoms with van der Waals surface area (Å²) >= 11 is 1.24. The Balaban J connectivity index is 1.54. The van der Waals surface area contributed by atoms with E-state index < -0.39 is 10.2 Å². The number of carbonyl (C=O) groups is 1. The van der Waals surface area contributed by atoms with Gasteiger partial charge in [0.25, 0.3) is 5.69 Å². The van der Waals surface area contributed by atoms with Gasteiger partial charge >= 0.3 is 0 Å². The molecule has 0 spiro atoms. The van der Waals surface area contributed by atoms with Crippen molar-refractivity contribution in [1.82, 2.24) is 14.8 Å². The van der Waals surface area contributed by atoms with E-state index in [0.29, 0.717) is 16.7 Å². The normalized spacial score (nSPS) is 11.6. The van der Waals surface area contributed by atoms with Crippen molar-refractivity contribution >= 4 is 29.0 Å². The van der Waals surface area contributed by atoms with Crippen molar-refractivity contribution in [3.63, 3.8) is 0 Å². The lowest BCUT2D eigenvalue weighted by Crippen LogP contribution is -2.23. The number of anilines is 1. The fourth-order valence-corrected chi connectivity index (χ4v) is 4.35. The molecule has 1 atom stereocenters. The number of carbonyl (C=O) groups excluding carboxylic acids is 1. The number of nitro benzene ring substituents is 1. The summed E-state index contributed by atoms with van der Waals surface area (Å²) in [7, 11) is 0. The van der Waals surface area contributed by atoms with Gasteiger partial charge < -0.3 is 10.1 Å². The largest absolute Gasteiger partial charge is 0.486 e. The molecular weight excluding hydrogens is 478 g/mol. The van der Waals surface area contributed by atoms with Gasteiger partial charge in [0, 0.05) is 17.8 Å². The smallest absolute Gasteiger partial charge is 0.271 e. The third-order valence-electron chi connectivity index (χ3n) is 5.41. The van der Waals surface area contributed by atoms with E-state index in [1.807, 2.05) is 66.1 Å². The molecular formula is C26H25N5O4S. The van der Waals surface area contributed by atoms with Crippen LogP contribution in [0.3, 0.4) is 0 Å². The number of hydrogen-bond donors (Lipinski definition) is 1. The standard InChI is InChI=1S/C26H25N5O4S/c1-17-8-7-11-22(14-17)35-16-24-28-29-26(30(24)20-9-5-4-6-10-20)36-19(3)25(32)27-23-15-21(31(33)34)13-12-18(23)2/h4-15,19H,16H2,1-3H3,(H,27,32)/t19-/m0/s1. The highest BCUT2D eigenvalue weighted by molar-refractivity contribution is 8.00. The van der Waals surface area contributed by atoms with E-state index in [1.165, 1.54) is 23.9 Å². The molecule has 9 nitrogen and oxygen atoms in total. The molecule has 0 aliphatic heterocycles. The molecule has 0 radical (unpaired) electrons. The number of thioether (sulfide) groups is 1. The zero-order chi connectivity index (χ0) is 25.7. The molecule has 10 heteroatoms. The molecule has 4 rings (SSSR count). The van der Waals surface area contributed by atoms with Crippen molar-refractivity contribution in [2.24, 2.45) is 0 Å². The van der Waals surface area contributed by atoms with E-state index in [0.717, 1.165) is 22.6 Å². The van der Waals surface area contributed by atoms with Crippen LogP contribution in [0.1, 0.15) is 23.9 Å². The summed E-state index contributed by atoms with van der Waals surface area (Å²) in [5.74, 6) is 1.02. The van der Waals surface area contributed by atoms with Gasteiger partial charge in [0.05, 0.1) is 15.9 Å². The van der Waals surface area contributed by atoms with Crippen LogP contribution in [0.2, 0.25) is 0 Å². The number of hydrogen-bond acceptors (Lipinski definition) is 7. The second kappa shape index (κ2) is 11.0. The number of para-hydroxylation sites is 1. The Morgan fingerprint density at radius 3 is 2.58 bits per heavy atom. The second-order valence-corrected chi connectivity index (χ2v) is 9.49. The molecule has 0 aliphatic carbocycles. The average Bonchev–Trinajstić information content (AvgIpc) is 3.26. The van der Waals surface area contributed by atoms with Crippen molar-refractivity contribution in [1.29, 1.82) is 0 Å². The Morgan fingerprint density at radius 2 is 1.86 bits per heavy atom. The summed E-state index contributed by atoms with van der Waals surface area (Å²) in [6, 6.07) is 21.7. The van der Waals surface area contributed by atoms with Crippen molar-refractivity contribution in [2.45, 2.75) is 37.8 Å². The van der Waals surface area contributed by atoms with Gasteiger partial charge in [0.1, 0.15) is 12.4 Å². The quantitative estimate of drug-likeness (QED) is 0.183. The van der Waals surface area contributed by atoms with Gasteiger partial charge in [-0.1, -0.05) is 48.2 Å². The molecule has 1 heterocycles. The molecule has 184 valence electrons. The molecule has 1 N–H and O–H groups in total. The van der Waals surface area contributed by atoms with Crippen LogP contribution in [0.5, 0.6) is 5.75 Å². The highest BCUT2D eigenvalue weighted by Gasteiger charge is 2.22. The van der Waals surface area contributed by atoms with Gasteiger partial charge in [-0.15, -0.1) is 10.2 Å². The Bertz CT molecular complexity index is 1390. The highest BCUT2D eigenvalue weighted by Crippen LogP contribution is 2.28. The number of aryl methyl sites for hydroxylation is 2. The molecule has 0 unspecified atom stereocenters. The molecule has 1 aromatic heterocycles. The number of aromatic nitrogens is 3. The Hall–Kier alpha value is -4.18. The van der Waals surface area contributed by atoms with Crippen LogP contribution in [0.15, 0.2) is 78.0 Å². The van der Waals surface area contributed by atoms with Gasteiger partial charge in [0.2, 0.25) is 5.91 Å². The molecule has 0 fully saturated rings. The minimum atomic E-state index is -0.555. The highest BCUT2D eigenvalue weighted by atomic mass is 32.2. The molecule has 36 heavy (non-hydrogen) atoms. The lowest BCUT2D eigenvalue weighted by Gasteiger charge is -2.15. The zero-order valence-electron chi connectivity index (χ0n) is 20.0. The first-order valence-corrected chi connectivity index (χ1v) is 12.1. The minimum Gasteiger partial charge on any atom is -0.486 e. The number of nitrogens with one attached hydrogen (secondary N) is 1. The van der Waals surface area contributed by atoms with E-state index in [9.17, 15) is 14.9 Å². The Kier molecular flexibility index (Phi) is 7.65. The predicted molar refractivity (Wildman–Crippen MR) is 139 cm³/mol. The lowest BCUT2D eigenvalue weighted by molar-refractivity contribution is -0.384. The summed E-state index contributed by atoms with van der Waals surface area (Å²) in [4.78, 5) is 23.6. The summed E-state index contributed by atoms with van der Waals surface area (Å²) < 4.78 is 7.82. The number of benzene rings is 3. The number of amides is 1. The van der Waals surface area contributed by atoms with Crippen molar-refractivity contribution in [3.8, 4) is 11.4 Å². The SMILES string of the molecule is Cc1cccc(OCc2nnc(S[C@@H](C)C(=O)Nc3cc([N+](=O)[O-])ccc3C)n2-c2ccccc2)c1. The Labute approximate surface area is 212 Å². The van der Waals surface area contributed by atoms with Gasteiger partial charge in [0.15, 0.2) is 11.0 Å². The molecule has 0 aliphatic rings.